The molecule has 108 valence electrons. The van der Waals surface area contributed by atoms with Gasteiger partial charge in [0.25, 0.3) is 10.0 Å². The fraction of sp³-hybridized carbons (Fsp3) is 0.727. The average Bonchev–Trinajstić information content (AvgIpc) is 2.76. The number of thiazole rings is 1. The number of nitrogens with one attached hydrogen (secondary N) is 1. The first-order valence-electron chi connectivity index (χ1n) is 6.13. The number of hydrogen-bond acceptors (Lipinski definition) is 5. The molecule has 2 atom stereocenters. The van der Waals surface area contributed by atoms with E-state index >= 15 is 0 Å². The molecule has 1 saturated carbocycles. The molecule has 19 heavy (non-hydrogen) atoms. The Balaban J connectivity index is 2.22. The molecule has 1 aliphatic carbocycles. The monoisotopic (exact) mass is 324 g/mol. The van der Waals surface area contributed by atoms with Gasteiger partial charge in [0, 0.05) is 0 Å². The average molecular weight is 325 g/mol. The molecular formula is C11H17ClN2O3S2. The van der Waals surface area contributed by atoms with Crippen LogP contribution in [0.5, 0.6) is 0 Å². The van der Waals surface area contributed by atoms with E-state index in [4.69, 9.17) is 11.6 Å². The van der Waals surface area contributed by atoms with E-state index in [2.05, 4.69) is 16.6 Å². The van der Waals surface area contributed by atoms with Crippen LogP contribution < -0.4 is 4.72 Å². The van der Waals surface area contributed by atoms with Crippen LogP contribution in [0.1, 0.15) is 32.6 Å². The quantitative estimate of drug-likeness (QED) is 0.888. The molecule has 1 heterocycles. The maximum absolute atomic E-state index is 12.3. The predicted molar refractivity (Wildman–Crippen MR) is 74.9 cm³/mol. The summed E-state index contributed by atoms with van der Waals surface area (Å²) in [6.45, 7) is 1.88. The van der Waals surface area contributed by atoms with Crippen molar-refractivity contribution < 1.29 is 13.5 Å². The van der Waals surface area contributed by atoms with E-state index in [1.54, 1.807) is 0 Å². The minimum Gasteiger partial charge on any atom is -0.394 e. The van der Waals surface area contributed by atoms with Gasteiger partial charge in [-0.3, -0.25) is 0 Å². The van der Waals surface area contributed by atoms with Gasteiger partial charge in [-0.15, -0.1) is 0 Å². The van der Waals surface area contributed by atoms with Crippen molar-refractivity contribution in [1.29, 1.82) is 0 Å². The molecule has 1 aromatic heterocycles. The Labute approximate surface area is 122 Å². The Morgan fingerprint density at radius 1 is 1.68 bits per heavy atom. The summed E-state index contributed by atoms with van der Waals surface area (Å²) in [5.41, 5.74) is -0.757. The number of aliphatic hydroxyl groups is 1. The van der Waals surface area contributed by atoms with Crippen LogP contribution in [0.2, 0.25) is 4.47 Å². The van der Waals surface area contributed by atoms with Gasteiger partial charge in [0.1, 0.15) is 0 Å². The van der Waals surface area contributed by atoms with E-state index in [1.165, 1.54) is 6.20 Å². The molecule has 1 aliphatic rings. The molecule has 0 radical (unpaired) electrons. The largest absolute Gasteiger partial charge is 0.394 e. The van der Waals surface area contributed by atoms with Crippen LogP contribution in [-0.4, -0.2) is 30.7 Å². The van der Waals surface area contributed by atoms with Gasteiger partial charge in [0.15, 0.2) is 8.68 Å². The summed E-state index contributed by atoms with van der Waals surface area (Å²) in [4.78, 5) is 3.74. The molecule has 0 amide bonds. The van der Waals surface area contributed by atoms with Crippen LogP contribution in [-0.2, 0) is 10.0 Å². The topological polar surface area (TPSA) is 79.3 Å². The highest BCUT2D eigenvalue weighted by Crippen LogP contribution is 2.34. The first-order valence-corrected chi connectivity index (χ1v) is 8.81. The molecule has 1 fully saturated rings. The SMILES string of the molecule is CC1CCCC(CO)(NS(=O)(=O)c2cnc(Cl)s2)C1. The first-order chi connectivity index (χ1) is 8.87. The number of nitrogens with zero attached hydrogens (tertiary/aromatic N) is 1. The smallest absolute Gasteiger partial charge is 0.252 e. The lowest BCUT2D eigenvalue weighted by molar-refractivity contribution is 0.120. The molecule has 5 nitrogen and oxygen atoms in total. The number of rotatable bonds is 4. The van der Waals surface area contributed by atoms with Crippen LogP contribution >= 0.6 is 22.9 Å². The maximum Gasteiger partial charge on any atom is 0.252 e. The summed E-state index contributed by atoms with van der Waals surface area (Å²) in [5.74, 6) is 0.397. The van der Waals surface area contributed by atoms with Crippen molar-refractivity contribution in [1.82, 2.24) is 9.71 Å². The molecule has 2 N–H and O–H groups in total. The van der Waals surface area contributed by atoms with Crippen molar-refractivity contribution in [3.05, 3.63) is 10.7 Å². The van der Waals surface area contributed by atoms with Gasteiger partial charge >= 0.3 is 0 Å². The van der Waals surface area contributed by atoms with E-state index in [-0.39, 0.29) is 15.3 Å². The van der Waals surface area contributed by atoms with Gasteiger partial charge in [-0.1, -0.05) is 42.7 Å². The predicted octanol–water partition coefficient (Wildman–Crippen LogP) is 2.02. The van der Waals surface area contributed by atoms with Crippen molar-refractivity contribution in [2.75, 3.05) is 6.61 Å². The van der Waals surface area contributed by atoms with E-state index in [0.717, 1.165) is 24.2 Å². The molecule has 2 unspecified atom stereocenters. The standard InChI is InChI=1S/C11H17ClN2O3S2/c1-8-3-2-4-11(5-8,7-15)14-19(16,17)9-6-13-10(12)18-9/h6,8,14-15H,2-5,7H2,1H3. The zero-order chi connectivity index (χ0) is 14.1. The molecular weight excluding hydrogens is 308 g/mol. The lowest BCUT2D eigenvalue weighted by atomic mass is 9.78. The number of hydrogen-bond donors (Lipinski definition) is 2. The van der Waals surface area contributed by atoms with Crippen molar-refractivity contribution >= 4 is 33.0 Å². The highest BCUT2D eigenvalue weighted by molar-refractivity contribution is 7.91. The van der Waals surface area contributed by atoms with Crippen LogP contribution in [0, 0.1) is 5.92 Å². The fourth-order valence-electron chi connectivity index (χ4n) is 2.63. The zero-order valence-electron chi connectivity index (χ0n) is 10.6. The fourth-order valence-corrected chi connectivity index (χ4v) is 5.35. The molecule has 0 saturated heterocycles. The number of aromatic nitrogens is 1. The molecule has 2 rings (SSSR count). The Morgan fingerprint density at radius 3 is 2.95 bits per heavy atom. The van der Waals surface area contributed by atoms with Gasteiger partial charge in [0.05, 0.1) is 18.3 Å². The molecule has 1 aromatic rings. The minimum absolute atomic E-state index is 0.0866. The van der Waals surface area contributed by atoms with E-state index in [0.29, 0.717) is 18.8 Å². The molecule has 0 bridgehead atoms. The van der Waals surface area contributed by atoms with E-state index < -0.39 is 15.6 Å². The summed E-state index contributed by atoms with van der Waals surface area (Å²) < 4.78 is 27.5. The van der Waals surface area contributed by atoms with Gasteiger partial charge in [-0.05, 0) is 18.8 Å². The van der Waals surface area contributed by atoms with Crippen LogP contribution in [0.25, 0.3) is 0 Å². The van der Waals surface area contributed by atoms with Gasteiger partial charge in [-0.25, -0.2) is 18.1 Å². The molecule has 0 spiro atoms. The zero-order valence-corrected chi connectivity index (χ0v) is 13.0. The molecule has 0 aromatic carbocycles. The second-order valence-electron chi connectivity index (χ2n) is 5.18. The van der Waals surface area contributed by atoms with Crippen molar-refractivity contribution in [3.8, 4) is 0 Å². The summed E-state index contributed by atoms with van der Waals surface area (Å²) >= 11 is 6.58. The summed E-state index contributed by atoms with van der Waals surface area (Å²) in [6.07, 6.45) is 4.52. The molecule has 8 heteroatoms. The Morgan fingerprint density at radius 2 is 2.42 bits per heavy atom. The highest BCUT2D eigenvalue weighted by atomic mass is 35.5. The third-order valence-electron chi connectivity index (χ3n) is 3.47. The van der Waals surface area contributed by atoms with Gasteiger partial charge < -0.3 is 5.11 Å². The number of halogens is 1. The number of sulfonamides is 1. The summed E-state index contributed by atoms with van der Waals surface area (Å²) in [6, 6.07) is 0. The van der Waals surface area contributed by atoms with E-state index in [1.807, 2.05) is 0 Å². The first kappa shape index (κ1) is 15.2. The Bertz CT molecular complexity index is 546. The Kier molecular flexibility index (Phi) is 4.52. The van der Waals surface area contributed by atoms with Crippen LogP contribution in [0.4, 0.5) is 0 Å². The van der Waals surface area contributed by atoms with Gasteiger partial charge in [-0.2, -0.15) is 0 Å². The lowest BCUT2D eigenvalue weighted by Crippen LogP contribution is -2.53. The summed E-state index contributed by atoms with van der Waals surface area (Å²) in [7, 11) is -3.67. The highest BCUT2D eigenvalue weighted by Gasteiger charge is 2.38. The third kappa shape index (κ3) is 3.46. The lowest BCUT2D eigenvalue weighted by Gasteiger charge is -2.38. The van der Waals surface area contributed by atoms with Crippen molar-refractivity contribution in [3.63, 3.8) is 0 Å². The summed E-state index contributed by atoms with van der Waals surface area (Å²) in [5, 5.41) is 9.61. The van der Waals surface area contributed by atoms with Crippen LogP contribution in [0.15, 0.2) is 10.4 Å². The maximum atomic E-state index is 12.3. The number of aliphatic hydroxyl groups excluding tert-OH is 1. The second kappa shape index (κ2) is 5.65. The minimum atomic E-state index is -3.67. The third-order valence-corrected chi connectivity index (χ3v) is 6.62. The van der Waals surface area contributed by atoms with Crippen molar-refractivity contribution in [2.45, 2.75) is 42.4 Å². The van der Waals surface area contributed by atoms with Crippen LogP contribution in [0.3, 0.4) is 0 Å². The second-order valence-corrected chi connectivity index (χ2v) is 8.70. The van der Waals surface area contributed by atoms with E-state index in [9.17, 15) is 13.5 Å². The van der Waals surface area contributed by atoms with Crippen molar-refractivity contribution in [2.24, 2.45) is 5.92 Å². The van der Waals surface area contributed by atoms with Gasteiger partial charge in [0.2, 0.25) is 0 Å². The molecule has 0 aliphatic heterocycles. The normalized spacial score (nSPS) is 28.5. The Hall–Kier alpha value is -0.210.